The van der Waals surface area contributed by atoms with Gasteiger partial charge in [0.2, 0.25) is 21.8 Å². The SMILES string of the molecule is Cc1cc(N(CC(=O)N(Cc2ccc(Cl)cc2)[C@H](C)C(=O)NC2CCCC2)S(C)(=O)=O)ccc1Br. The molecule has 1 saturated carbocycles. The second-order valence-electron chi connectivity index (χ2n) is 9.02. The van der Waals surface area contributed by atoms with Crippen LogP contribution in [0, 0.1) is 6.92 Å². The molecule has 1 aliphatic carbocycles. The molecule has 0 heterocycles. The summed E-state index contributed by atoms with van der Waals surface area (Å²) in [4.78, 5) is 28.1. The minimum Gasteiger partial charge on any atom is -0.352 e. The first-order valence-electron chi connectivity index (χ1n) is 11.5. The number of benzene rings is 2. The van der Waals surface area contributed by atoms with Gasteiger partial charge < -0.3 is 10.2 Å². The number of carbonyl (C=O) groups excluding carboxylic acids is 2. The number of carbonyl (C=O) groups is 2. The van der Waals surface area contributed by atoms with Crippen molar-refractivity contribution in [2.75, 3.05) is 17.1 Å². The number of nitrogens with one attached hydrogen (secondary N) is 1. The zero-order valence-electron chi connectivity index (χ0n) is 20.1. The fourth-order valence-electron chi connectivity index (χ4n) is 4.16. The first kappa shape index (κ1) is 27.5. The molecule has 0 radical (unpaired) electrons. The van der Waals surface area contributed by atoms with Crippen molar-refractivity contribution in [3.8, 4) is 0 Å². The van der Waals surface area contributed by atoms with Crippen LogP contribution in [0.3, 0.4) is 0 Å². The number of amides is 2. The molecule has 0 unspecified atom stereocenters. The molecule has 0 aromatic heterocycles. The molecular weight excluding hydrogens is 554 g/mol. The Morgan fingerprint density at radius 3 is 2.34 bits per heavy atom. The lowest BCUT2D eigenvalue weighted by atomic mass is 10.1. The van der Waals surface area contributed by atoms with Gasteiger partial charge in [-0.15, -0.1) is 0 Å². The lowest BCUT2D eigenvalue weighted by molar-refractivity contribution is -0.139. The standard InChI is InChI=1S/C25H31BrClN3O4S/c1-17-14-22(12-13-23(17)26)30(35(3,33)34)16-24(31)29(15-19-8-10-20(27)11-9-19)18(2)25(32)28-21-6-4-5-7-21/h8-14,18,21H,4-7,15-16H2,1-3H3,(H,28,32)/t18-/m1/s1. The van der Waals surface area contributed by atoms with Crippen molar-refractivity contribution in [2.45, 2.75) is 58.2 Å². The number of sulfonamides is 1. The molecule has 0 spiro atoms. The third-order valence-corrected chi connectivity index (χ3v) is 8.53. The Morgan fingerprint density at radius 2 is 1.77 bits per heavy atom. The predicted octanol–water partition coefficient (Wildman–Crippen LogP) is 4.65. The first-order chi connectivity index (χ1) is 16.5. The maximum absolute atomic E-state index is 13.6. The number of hydrogen-bond acceptors (Lipinski definition) is 4. The second-order valence-corrected chi connectivity index (χ2v) is 12.2. The molecule has 2 aromatic rings. The quantitative estimate of drug-likeness (QED) is 0.465. The van der Waals surface area contributed by atoms with Crippen LogP contribution in [0.2, 0.25) is 5.02 Å². The molecule has 7 nitrogen and oxygen atoms in total. The van der Waals surface area contributed by atoms with Crippen molar-refractivity contribution in [2.24, 2.45) is 0 Å². The minimum atomic E-state index is -3.77. The molecule has 2 aromatic carbocycles. The fourth-order valence-corrected chi connectivity index (χ4v) is 5.37. The third kappa shape index (κ3) is 7.44. The van der Waals surface area contributed by atoms with Crippen LogP contribution >= 0.6 is 27.5 Å². The van der Waals surface area contributed by atoms with Gasteiger partial charge in [0.25, 0.3) is 0 Å². The maximum atomic E-state index is 13.6. The number of rotatable bonds is 9. The molecule has 35 heavy (non-hydrogen) atoms. The maximum Gasteiger partial charge on any atom is 0.244 e. The van der Waals surface area contributed by atoms with E-state index in [-0.39, 0.29) is 18.5 Å². The van der Waals surface area contributed by atoms with E-state index in [1.165, 1.54) is 4.90 Å². The smallest absolute Gasteiger partial charge is 0.244 e. The van der Waals surface area contributed by atoms with Crippen molar-refractivity contribution in [1.82, 2.24) is 10.2 Å². The van der Waals surface area contributed by atoms with Crippen molar-refractivity contribution >= 4 is 55.1 Å². The van der Waals surface area contributed by atoms with Crippen LogP contribution < -0.4 is 9.62 Å². The van der Waals surface area contributed by atoms with E-state index >= 15 is 0 Å². The number of aryl methyl sites for hydroxylation is 1. The largest absolute Gasteiger partial charge is 0.352 e. The average molecular weight is 585 g/mol. The highest BCUT2D eigenvalue weighted by molar-refractivity contribution is 9.10. The zero-order valence-corrected chi connectivity index (χ0v) is 23.3. The lowest BCUT2D eigenvalue weighted by Crippen LogP contribution is -2.52. The van der Waals surface area contributed by atoms with Gasteiger partial charge in [-0.2, -0.15) is 0 Å². The Balaban J connectivity index is 1.88. The Kier molecular flexibility index (Phi) is 9.23. The van der Waals surface area contributed by atoms with Gasteiger partial charge in [0, 0.05) is 22.1 Å². The van der Waals surface area contributed by atoms with Gasteiger partial charge in [-0.25, -0.2) is 8.42 Å². The van der Waals surface area contributed by atoms with E-state index in [0.29, 0.717) is 10.7 Å². The molecule has 0 bridgehead atoms. The van der Waals surface area contributed by atoms with Crippen LogP contribution in [0.4, 0.5) is 5.69 Å². The van der Waals surface area contributed by atoms with E-state index in [4.69, 9.17) is 11.6 Å². The van der Waals surface area contributed by atoms with Crippen molar-refractivity contribution in [1.29, 1.82) is 0 Å². The lowest BCUT2D eigenvalue weighted by Gasteiger charge is -2.32. The van der Waals surface area contributed by atoms with Gasteiger partial charge >= 0.3 is 0 Å². The van der Waals surface area contributed by atoms with Gasteiger partial charge in [-0.3, -0.25) is 13.9 Å². The van der Waals surface area contributed by atoms with Crippen LogP contribution in [0.5, 0.6) is 0 Å². The topological polar surface area (TPSA) is 86.8 Å². The Hall–Kier alpha value is -2.10. The third-order valence-electron chi connectivity index (χ3n) is 6.24. The number of halogens is 2. The summed E-state index contributed by atoms with van der Waals surface area (Å²) in [6.45, 7) is 3.24. The molecule has 1 aliphatic rings. The molecule has 0 aliphatic heterocycles. The molecule has 190 valence electrons. The molecule has 10 heteroatoms. The van der Waals surface area contributed by atoms with Crippen LogP contribution in [0.25, 0.3) is 0 Å². The van der Waals surface area contributed by atoms with Gasteiger partial charge in [0.05, 0.1) is 11.9 Å². The summed E-state index contributed by atoms with van der Waals surface area (Å²) in [5.41, 5.74) is 2.01. The summed E-state index contributed by atoms with van der Waals surface area (Å²) < 4.78 is 27.2. The summed E-state index contributed by atoms with van der Waals surface area (Å²) >= 11 is 9.43. The highest BCUT2D eigenvalue weighted by atomic mass is 79.9. The zero-order chi connectivity index (χ0) is 25.8. The molecule has 3 rings (SSSR count). The summed E-state index contributed by atoms with van der Waals surface area (Å²) in [6.07, 6.45) is 5.06. The van der Waals surface area contributed by atoms with Gasteiger partial charge in [-0.1, -0.05) is 52.5 Å². The van der Waals surface area contributed by atoms with E-state index < -0.39 is 28.5 Å². The first-order valence-corrected chi connectivity index (χ1v) is 14.6. The fraction of sp³-hybridized carbons (Fsp3) is 0.440. The number of hydrogen-bond donors (Lipinski definition) is 1. The van der Waals surface area contributed by atoms with Crippen molar-refractivity contribution in [3.63, 3.8) is 0 Å². The van der Waals surface area contributed by atoms with E-state index in [0.717, 1.165) is 51.8 Å². The van der Waals surface area contributed by atoms with Crippen LogP contribution in [0.15, 0.2) is 46.9 Å². The van der Waals surface area contributed by atoms with Crippen molar-refractivity contribution in [3.05, 3.63) is 63.1 Å². The van der Waals surface area contributed by atoms with Gasteiger partial charge in [-0.05, 0) is 68.1 Å². The summed E-state index contributed by atoms with van der Waals surface area (Å²) in [5.74, 6) is -0.718. The summed E-state index contributed by atoms with van der Waals surface area (Å²) in [7, 11) is -3.77. The molecule has 1 N–H and O–H groups in total. The monoisotopic (exact) mass is 583 g/mol. The number of anilines is 1. The average Bonchev–Trinajstić information content (AvgIpc) is 3.30. The highest BCUT2D eigenvalue weighted by Gasteiger charge is 2.31. The molecule has 2 amide bonds. The van der Waals surface area contributed by atoms with Crippen LogP contribution in [-0.2, 0) is 26.2 Å². The predicted molar refractivity (Wildman–Crippen MR) is 143 cm³/mol. The Labute approximate surface area is 221 Å². The normalized spacial score (nSPS) is 15.0. The second kappa shape index (κ2) is 11.8. The minimum absolute atomic E-state index is 0.107. The Morgan fingerprint density at radius 1 is 1.14 bits per heavy atom. The molecular formula is C25H31BrClN3O4S. The van der Waals surface area contributed by atoms with Gasteiger partial charge in [0.15, 0.2) is 0 Å². The summed E-state index contributed by atoms with van der Waals surface area (Å²) in [5, 5.41) is 3.61. The highest BCUT2D eigenvalue weighted by Crippen LogP contribution is 2.25. The molecule has 0 saturated heterocycles. The van der Waals surface area contributed by atoms with E-state index in [1.54, 1.807) is 49.4 Å². The van der Waals surface area contributed by atoms with E-state index in [2.05, 4.69) is 21.2 Å². The molecule has 1 fully saturated rings. The molecule has 1 atom stereocenters. The van der Waals surface area contributed by atoms with Crippen molar-refractivity contribution < 1.29 is 18.0 Å². The van der Waals surface area contributed by atoms with Gasteiger partial charge in [0.1, 0.15) is 12.6 Å². The van der Waals surface area contributed by atoms with E-state index in [9.17, 15) is 18.0 Å². The van der Waals surface area contributed by atoms with Crippen LogP contribution in [0.1, 0.15) is 43.7 Å². The summed E-state index contributed by atoms with van der Waals surface area (Å²) in [6, 6.07) is 11.4. The van der Waals surface area contributed by atoms with Crippen LogP contribution in [-0.4, -0.2) is 50.0 Å². The Bertz CT molecular complexity index is 1170. The van der Waals surface area contributed by atoms with E-state index in [1.807, 2.05) is 6.92 Å². The number of nitrogens with zero attached hydrogens (tertiary/aromatic N) is 2.